The molecular weight excluding hydrogens is 208 g/mol. The highest BCUT2D eigenvalue weighted by atomic mass is 32.1. The summed E-state index contributed by atoms with van der Waals surface area (Å²) in [6.07, 6.45) is 1.45. The zero-order chi connectivity index (χ0) is 10.6. The quantitative estimate of drug-likeness (QED) is 0.532. The Balaban J connectivity index is 2.59. The Labute approximate surface area is 84.6 Å². The number of nitrogens with one attached hydrogen (secondary N) is 2. The van der Waals surface area contributed by atoms with E-state index < -0.39 is 12.0 Å². The lowest BCUT2D eigenvalue weighted by atomic mass is 10.6. The van der Waals surface area contributed by atoms with Crippen LogP contribution in [0.15, 0.2) is 12.3 Å². The van der Waals surface area contributed by atoms with E-state index in [9.17, 15) is 9.59 Å². The number of aliphatic carboxylic acids is 1. The number of thiol groups is 1. The van der Waals surface area contributed by atoms with Crippen LogP contribution in [0.2, 0.25) is 0 Å². The Morgan fingerprint density at radius 1 is 1.64 bits per heavy atom. The molecule has 3 N–H and O–H groups in total. The van der Waals surface area contributed by atoms with Crippen LogP contribution in [0.3, 0.4) is 0 Å². The van der Waals surface area contributed by atoms with Crippen molar-refractivity contribution in [3.05, 3.63) is 12.3 Å². The molecule has 0 radical (unpaired) electrons. The maximum atomic E-state index is 10.7. The minimum absolute atomic E-state index is 0.246. The minimum atomic E-state index is -1.00. The van der Waals surface area contributed by atoms with Crippen molar-refractivity contribution in [3.8, 4) is 0 Å². The standard InChI is InChI=1S/C6H8N4O3S/c11-5(12)3-10-2-1-4(8-10)7-6(13)9-14/h1-2,14H,3H2,(H,11,12)(H2,7,8,9,13). The Bertz CT molecular complexity index is 351. The lowest BCUT2D eigenvalue weighted by Gasteiger charge is -1.98. The van der Waals surface area contributed by atoms with Crippen LogP contribution in [0.5, 0.6) is 0 Å². The van der Waals surface area contributed by atoms with Gasteiger partial charge in [-0.05, 0) is 0 Å². The molecule has 76 valence electrons. The van der Waals surface area contributed by atoms with Crippen LogP contribution in [0.1, 0.15) is 0 Å². The molecule has 8 heteroatoms. The highest BCUT2D eigenvalue weighted by Crippen LogP contribution is 2.01. The summed E-state index contributed by atoms with van der Waals surface area (Å²) < 4.78 is 3.23. The lowest BCUT2D eigenvalue weighted by molar-refractivity contribution is -0.137. The Hall–Kier alpha value is -1.70. The van der Waals surface area contributed by atoms with Crippen molar-refractivity contribution in [1.29, 1.82) is 0 Å². The molecule has 14 heavy (non-hydrogen) atoms. The molecule has 0 unspecified atom stereocenters. The molecule has 1 aromatic rings. The number of hydrogen-bond donors (Lipinski definition) is 4. The zero-order valence-corrected chi connectivity index (χ0v) is 7.86. The second-order valence-corrected chi connectivity index (χ2v) is 2.58. The fraction of sp³-hybridized carbons (Fsp3) is 0.167. The van der Waals surface area contributed by atoms with Crippen molar-refractivity contribution in [2.75, 3.05) is 5.32 Å². The number of carbonyl (C=O) groups is 2. The first-order chi connectivity index (χ1) is 6.61. The summed E-state index contributed by atoms with van der Waals surface area (Å²) in [6.45, 7) is -0.246. The summed E-state index contributed by atoms with van der Waals surface area (Å²) >= 11 is 3.52. The molecule has 1 rings (SSSR count). The molecule has 0 spiro atoms. The van der Waals surface area contributed by atoms with Gasteiger partial charge in [0.25, 0.3) is 0 Å². The fourth-order valence-corrected chi connectivity index (χ4v) is 0.855. The number of aromatic nitrogens is 2. The van der Waals surface area contributed by atoms with E-state index in [-0.39, 0.29) is 12.4 Å². The summed E-state index contributed by atoms with van der Waals surface area (Å²) in [5.41, 5.74) is 0. The van der Waals surface area contributed by atoms with Gasteiger partial charge < -0.3 is 5.11 Å². The minimum Gasteiger partial charge on any atom is -0.480 e. The molecule has 0 bridgehead atoms. The van der Waals surface area contributed by atoms with Crippen LogP contribution >= 0.6 is 12.8 Å². The number of hydrogen-bond acceptors (Lipinski definition) is 4. The number of carboxylic acids is 1. The summed E-state index contributed by atoms with van der Waals surface area (Å²) in [4.78, 5) is 21.0. The van der Waals surface area contributed by atoms with Gasteiger partial charge in [0.05, 0.1) is 0 Å². The van der Waals surface area contributed by atoms with E-state index in [1.165, 1.54) is 16.9 Å². The largest absolute Gasteiger partial charge is 0.480 e. The fourth-order valence-electron chi connectivity index (χ4n) is 0.799. The Kier molecular flexibility index (Phi) is 3.35. The Morgan fingerprint density at radius 3 is 2.93 bits per heavy atom. The average molecular weight is 216 g/mol. The van der Waals surface area contributed by atoms with Gasteiger partial charge in [0.2, 0.25) is 0 Å². The third-order valence-corrected chi connectivity index (χ3v) is 1.48. The van der Waals surface area contributed by atoms with Crippen molar-refractivity contribution in [3.63, 3.8) is 0 Å². The third kappa shape index (κ3) is 2.98. The van der Waals surface area contributed by atoms with Crippen molar-refractivity contribution < 1.29 is 14.7 Å². The monoisotopic (exact) mass is 216 g/mol. The number of carboxylic acid groups (broad SMARTS) is 1. The highest BCUT2D eigenvalue weighted by molar-refractivity contribution is 7.78. The normalized spacial score (nSPS) is 9.50. The summed E-state index contributed by atoms with van der Waals surface area (Å²) in [5.74, 6) is -0.740. The van der Waals surface area contributed by atoms with Crippen LogP contribution in [0.4, 0.5) is 10.6 Å². The van der Waals surface area contributed by atoms with E-state index in [4.69, 9.17) is 5.11 Å². The zero-order valence-electron chi connectivity index (χ0n) is 6.97. The van der Waals surface area contributed by atoms with Gasteiger partial charge in [-0.25, -0.2) is 4.79 Å². The van der Waals surface area contributed by atoms with E-state index >= 15 is 0 Å². The van der Waals surface area contributed by atoms with E-state index in [1.54, 1.807) is 0 Å². The first kappa shape index (κ1) is 10.4. The van der Waals surface area contributed by atoms with Gasteiger partial charge in [0.1, 0.15) is 6.54 Å². The van der Waals surface area contributed by atoms with Crippen LogP contribution in [0, 0.1) is 0 Å². The maximum absolute atomic E-state index is 10.7. The van der Waals surface area contributed by atoms with Gasteiger partial charge >= 0.3 is 12.0 Å². The number of nitrogens with zero attached hydrogens (tertiary/aromatic N) is 2. The smallest absolute Gasteiger partial charge is 0.330 e. The molecule has 2 amide bonds. The lowest BCUT2D eigenvalue weighted by Crippen LogP contribution is -2.21. The van der Waals surface area contributed by atoms with E-state index in [2.05, 4.69) is 23.2 Å². The van der Waals surface area contributed by atoms with Crippen molar-refractivity contribution in [2.45, 2.75) is 6.54 Å². The molecule has 0 aliphatic heterocycles. The van der Waals surface area contributed by atoms with Crippen LogP contribution in [-0.4, -0.2) is 26.9 Å². The van der Waals surface area contributed by atoms with Crippen molar-refractivity contribution >= 4 is 30.6 Å². The molecule has 0 aliphatic rings. The highest BCUT2D eigenvalue weighted by Gasteiger charge is 2.04. The number of urea groups is 1. The molecule has 0 fully saturated rings. The molecule has 0 atom stereocenters. The second-order valence-electron chi connectivity index (χ2n) is 2.36. The van der Waals surface area contributed by atoms with Crippen LogP contribution in [0.25, 0.3) is 0 Å². The predicted octanol–water partition coefficient (Wildman–Crippen LogP) is -0.0660. The molecule has 1 heterocycles. The van der Waals surface area contributed by atoms with Gasteiger partial charge in [-0.15, -0.1) is 0 Å². The third-order valence-electron chi connectivity index (χ3n) is 1.28. The van der Waals surface area contributed by atoms with Crippen molar-refractivity contribution in [1.82, 2.24) is 14.5 Å². The summed E-state index contributed by atoms with van der Waals surface area (Å²) in [6, 6.07) is 0.945. The molecule has 0 aliphatic carbocycles. The first-order valence-electron chi connectivity index (χ1n) is 3.58. The van der Waals surface area contributed by atoms with Crippen LogP contribution < -0.4 is 10.0 Å². The van der Waals surface area contributed by atoms with Crippen molar-refractivity contribution in [2.24, 2.45) is 0 Å². The van der Waals surface area contributed by atoms with Gasteiger partial charge in [-0.2, -0.15) is 5.10 Å². The van der Waals surface area contributed by atoms with Gasteiger partial charge in [-0.3, -0.25) is 19.5 Å². The second kappa shape index (κ2) is 4.51. The summed E-state index contributed by atoms with van der Waals surface area (Å²) in [7, 11) is 0. The maximum Gasteiger partial charge on any atom is 0.330 e. The van der Waals surface area contributed by atoms with E-state index in [0.29, 0.717) is 0 Å². The molecule has 0 saturated carbocycles. The van der Waals surface area contributed by atoms with Gasteiger partial charge in [-0.1, -0.05) is 12.8 Å². The van der Waals surface area contributed by atoms with Gasteiger partial charge in [0.15, 0.2) is 5.82 Å². The topological polar surface area (TPSA) is 96.2 Å². The number of rotatable bonds is 3. The van der Waals surface area contributed by atoms with Crippen LogP contribution in [-0.2, 0) is 11.3 Å². The predicted molar refractivity (Wildman–Crippen MR) is 51.0 cm³/mol. The molecule has 0 saturated heterocycles. The first-order valence-corrected chi connectivity index (χ1v) is 4.03. The summed E-state index contributed by atoms with van der Waals surface area (Å²) in [5, 5.41) is 14.5. The molecular formula is C6H8N4O3S. The van der Waals surface area contributed by atoms with E-state index in [1.807, 2.05) is 4.72 Å². The van der Waals surface area contributed by atoms with E-state index in [0.717, 1.165) is 0 Å². The molecule has 1 aromatic heterocycles. The molecule has 7 nitrogen and oxygen atoms in total. The SMILES string of the molecule is O=C(O)Cn1ccc(NC(=O)NS)n1. The molecule has 0 aromatic carbocycles. The van der Waals surface area contributed by atoms with Gasteiger partial charge in [0, 0.05) is 12.3 Å². The number of anilines is 1. The Morgan fingerprint density at radius 2 is 2.36 bits per heavy atom. The number of carbonyl (C=O) groups excluding carboxylic acids is 1. The average Bonchev–Trinajstić information content (AvgIpc) is 2.51. The number of amides is 2.